The summed E-state index contributed by atoms with van der Waals surface area (Å²) in [5.74, 6) is -1.20. The van der Waals surface area contributed by atoms with Crippen LogP contribution in [0, 0.1) is 17.8 Å². The van der Waals surface area contributed by atoms with E-state index in [1.165, 1.54) is 13.3 Å². The summed E-state index contributed by atoms with van der Waals surface area (Å²) in [5, 5.41) is 0. The highest BCUT2D eigenvalue weighted by molar-refractivity contribution is 5.18. The number of halogens is 3. The van der Waals surface area contributed by atoms with Gasteiger partial charge in [0.25, 0.3) is 0 Å². The largest absolute Gasteiger partial charge is 0.433 e. The van der Waals surface area contributed by atoms with Crippen LogP contribution in [0.3, 0.4) is 0 Å². The minimum Gasteiger partial charge on any atom is -0.433 e. The predicted molar refractivity (Wildman–Crippen MR) is 90.8 cm³/mol. The summed E-state index contributed by atoms with van der Waals surface area (Å²) in [4.78, 5) is 0. The molecule has 0 bridgehead atoms. The molecule has 4 heteroatoms. The lowest BCUT2D eigenvalue weighted by atomic mass is 9.85. The lowest BCUT2D eigenvalue weighted by Gasteiger charge is -2.26. The average molecular weight is 332 g/mol. The molecule has 0 radical (unpaired) electrons. The average Bonchev–Trinajstić information content (AvgIpc) is 2.48. The van der Waals surface area contributed by atoms with Gasteiger partial charge in [-0.25, -0.2) is 4.39 Å². The van der Waals surface area contributed by atoms with Gasteiger partial charge < -0.3 is 4.74 Å². The SMILES string of the molecule is C=C/C(F)=C\C(=C)OC(F)(F)C(C)CCC(C)C(C)CCCC. The Balaban J connectivity index is 4.44. The normalized spacial score (nSPS) is 16.6. The zero-order valence-corrected chi connectivity index (χ0v) is 14.9. The van der Waals surface area contributed by atoms with Crippen LogP contribution in [0.25, 0.3) is 0 Å². The fourth-order valence-electron chi connectivity index (χ4n) is 2.29. The van der Waals surface area contributed by atoms with E-state index < -0.39 is 23.6 Å². The smallest absolute Gasteiger partial charge is 0.400 e. The summed E-state index contributed by atoms with van der Waals surface area (Å²) >= 11 is 0. The van der Waals surface area contributed by atoms with Crippen molar-refractivity contribution in [1.82, 2.24) is 0 Å². The van der Waals surface area contributed by atoms with Crippen molar-refractivity contribution in [3.05, 3.63) is 36.9 Å². The van der Waals surface area contributed by atoms with E-state index in [1.807, 2.05) is 0 Å². The van der Waals surface area contributed by atoms with E-state index in [-0.39, 0.29) is 0 Å². The van der Waals surface area contributed by atoms with Gasteiger partial charge in [-0.3, -0.25) is 0 Å². The van der Waals surface area contributed by atoms with Gasteiger partial charge in [0.05, 0.1) is 5.92 Å². The second-order valence-corrected chi connectivity index (χ2v) is 6.44. The molecule has 23 heavy (non-hydrogen) atoms. The molecule has 0 heterocycles. The molecule has 0 aliphatic carbocycles. The Bertz CT molecular complexity index is 401. The molecular formula is C19H31F3O. The Morgan fingerprint density at radius 1 is 1.13 bits per heavy atom. The van der Waals surface area contributed by atoms with Crippen LogP contribution >= 0.6 is 0 Å². The van der Waals surface area contributed by atoms with Crippen LogP contribution in [-0.4, -0.2) is 6.11 Å². The van der Waals surface area contributed by atoms with Crippen LogP contribution in [0.5, 0.6) is 0 Å². The van der Waals surface area contributed by atoms with Crippen molar-refractivity contribution >= 4 is 0 Å². The van der Waals surface area contributed by atoms with Crippen molar-refractivity contribution in [3.8, 4) is 0 Å². The summed E-state index contributed by atoms with van der Waals surface area (Å²) < 4.78 is 45.5. The minimum atomic E-state index is -3.36. The molecule has 0 aliphatic heterocycles. The Hall–Kier alpha value is -1.19. The van der Waals surface area contributed by atoms with Crippen molar-refractivity contribution in [2.45, 2.75) is 65.9 Å². The second-order valence-electron chi connectivity index (χ2n) is 6.44. The van der Waals surface area contributed by atoms with Crippen molar-refractivity contribution in [3.63, 3.8) is 0 Å². The third kappa shape index (κ3) is 8.87. The van der Waals surface area contributed by atoms with E-state index >= 15 is 0 Å². The van der Waals surface area contributed by atoms with E-state index in [0.717, 1.165) is 25.0 Å². The maximum Gasteiger partial charge on any atom is 0.400 e. The zero-order chi connectivity index (χ0) is 18.0. The van der Waals surface area contributed by atoms with Gasteiger partial charge in [0.1, 0.15) is 11.6 Å². The van der Waals surface area contributed by atoms with Gasteiger partial charge in [-0.2, -0.15) is 8.78 Å². The van der Waals surface area contributed by atoms with Crippen molar-refractivity contribution in [1.29, 1.82) is 0 Å². The second kappa shape index (κ2) is 10.6. The van der Waals surface area contributed by atoms with E-state index in [0.29, 0.717) is 24.7 Å². The molecule has 0 aromatic carbocycles. The molecule has 0 aliphatic rings. The third-order valence-corrected chi connectivity index (χ3v) is 4.37. The predicted octanol–water partition coefficient (Wildman–Crippen LogP) is 7.03. The zero-order valence-electron chi connectivity index (χ0n) is 14.9. The quantitative estimate of drug-likeness (QED) is 0.275. The van der Waals surface area contributed by atoms with Crippen LogP contribution in [0.4, 0.5) is 13.2 Å². The molecule has 0 saturated heterocycles. The molecule has 0 aromatic heterocycles. The van der Waals surface area contributed by atoms with Crippen molar-refractivity contribution < 1.29 is 17.9 Å². The van der Waals surface area contributed by atoms with E-state index in [2.05, 4.69) is 38.7 Å². The summed E-state index contributed by atoms with van der Waals surface area (Å²) in [6.45, 7) is 14.4. The molecule has 0 amide bonds. The highest BCUT2D eigenvalue weighted by atomic mass is 19.3. The first kappa shape index (κ1) is 21.8. The summed E-state index contributed by atoms with van der Waals surface area (Å²) in [5.41, 5.74) is 0. The van der Waals surface area contributed by atoms with Gasteiger partial charge >= 0.3 is 6.11 Å². The monoisotopic (exact) mass is 332 g/mol. The highest BCUT2D eigenvalue weighted by Crippen LogP contribution is 2.34. The molecule has 0 saturated carbocycles. The molecule has 0 fully saturated rings. The number of alkyl halides is 2. The number of hydrogen-bond acceptors (Lipinski definition) is 1. The standard InChI is InChI=1S/C19H31F3O/c1-7-9-10-14(3)15(4)11-12-16(5)19(21,22)23-17(6)13-18(20)8-2/h8,13-16H,2,6-7,9-12H2,1,3-5H3/b18-13+. The maximum absolute atomic E-state index is 14.0. The van der Waals surface area contributed by atoms with Crippen molar-refractivity contribution in [2.24, 2.45) is 17.8 Å². The first-order valence-corrected chi connectivity index (χ1v) is 8.39. The molecule has 0 rings (SSSR count). The van der Waals surface area contributed by atoms with Crippen LogP contribution < -0.4 is 0 Å². The van der Waals surface area contributed by atoms with Crippen molar-refractivity contribution in [2.75, 3.05) is 0 Å². The van der Waals surface area contributed by atoms with E-state index in [1.54, 1.807) is 0 Å². The topological polar surface area (TPSA) is 9.23 Å². The minimum absolute atomic E-state index is 0.353. The van der Waals surface area contributed by atoms with Gasteiger partial charge in [0, 0.05) is 6.08 Å². The van der Waals surface area contributed by atoms with Gasteiger partial charge in [-0.1, -0.05) is 60.1 Å². The number of ether oxygens (including phenoxy) is 1. The van der Waals surface area contributed by atoms with Gasteiger partial charge in [-0.05, 0) is 30.8 Å². The number of unbranched alkanes of at least 4 members (excludes halogenated alkanes) is 1. The van der Waals surface area contributed by atoms with Crippen LogP contribution in [0.1, 0.15) is 59.8 Å². The Morgan fingerprint density at radius 3 is 2.22 bits per heavy atom. The number of hydrogen-bond donors (Lipinski definition) is 0. The van der Waals surface area contributed by atoms with Gasteiger partial charge in [-0.15, -0.1) is 0 Å². The Kier molecular flexibility index (Phi) is 10.0. The highest BCUT2D eigenvalue weighted by Gasteiger charge is 2.39. The van der Waals surface area contributed by atoms with Crippen LogP contribution in [-0.2, 0) is 4.74 Å². The molecule has 0 N–H and O–H groups in total. The first-order chi connectivity index (χ1) is 10.6. The molecule has 3 unspecified atom stereocenters. The van der Waals surface area contributed by atoms with Gasteiger partial charge in [0.2, 0.25) is 0 Å². The first-order valence-electron chi connectivity index (χ1n) is 8.39. The maximum atomic E-state index is 14.0. The molecule has 0 spiro atoms. The van der Waals surface area contributed by atoms with E-state index in [9.17, 15) is 13.2 Å². The molecular weight excluding hydrogens is 301 g/mol. The lowest BCUT2D eigenvalue weighted by Crippen LogP contribution is -2.29. The summed E-state index contributed by atoms with van der Waals surface area (Å²) in [6, 6.07) is 0. The molecule has 0 aromatic rings. The Morgan fingerprint density at radius 2 is 1.70 bits per heavy atom. The molecule has 134 valence electrons. The fourth-order valence-corrected chi connectivity index (χ4v) is 2.29. The molecule has 3 atom stereocenters. The lowest BCUT2D eigenvalue weighted by molar-refractivity contribution is -0.245. The van der Waals surface area contributed by atoms with Crippen LogP contribution in [0.15, 0.2) is 36.9 Å². The molecule has 1 nitrogen and oxygen atoms in total. The van der Waals surface area contributed by atoms with Gasteiger partial charge in [0.15, 0.2) is 0 Å². The number of allylic oxidation sites excluding steroid dienone is 3. The number of rotatable bonds is 12. The summed E-state index contributed by atoms with van der Waals surface area (Å²) in [6.07, 6.45) is 2.87. The summed E-state index contributed by atoms with van der Waals surface area (Å²) in [7, 11) is 0. The fraction of sp³-hybridized carbons (Fsp3) is 0.684. The third-order valence-electron chi connectivity index (χ3n) is 4.37. The Labute approximate surface area is 139 Å². The van der Waals surface area contributed by atoms with Crippen LogP contribution in [0.2, 0.25) is 0 Å². The van der Waals surface area contributed by atoms with E-state index in [4.69, 9.17) is 0 Å².